The first-order chi connectivity index (χ1) is 7.65. The van der Waals surface area contributed by atoms with E-state index in [0.29, 0.717) is 16.0 Å². The second-order valence-corrected chi connectivity index (χ2v) is 3.83. The minimum Gasteiger partial charge on any atom is -0.337 e. The van der Waals surface area contributed by atoms with Gasteiger partial charge >= 0.3 is 0 Å². The monoisotopic (exact) mass is 282 g/mol. The molecule has 1 rings (SSSR count). The zero-order chi connectivity index (χ0) is 12.0. The molecule has 0 unspecified atom stereocenters. The van der Waals surface area contributed by atoms with Crippen molar-refractivity contribution in [3.63, 3.8) is 0 Å². The SMILES string of the molecule is C=C(/N=C\C=C/C)Nc1c(F)cccc1Br. The quantitative estimate of drug-likeness (QED) is 0.826. The van der Waals surface area contributed by atoms with E-state index in [9.17, 15) is 4.39 Å². The minimum atomic E-state index is -0.350. The number of aliphatic imine (C=N–C) groups is 1. The number of hydrogen-bond acceptors (Lipinski definition) is 2. The Morgan fingerprint density at radius 2 is 2.31 bits per heavy atom. The number of para-hydroxylation sites is 1. The fourth-order valence-electron chi connectivity index (χ4n) is 1.01. The van der Waals surface area contributed by atoms with Crippen molar-refractivity contribution in [2.24, 2.45) is 4.99 Å². The summed E-state index contributed by atoms with van der Waals surface area (Å²) < 4.78 is 14.0. The third-order valence-electron chi connectivity index (χ3n) is 1.74. The molecule has 0 amide bonds. The van der Waals surface area contributed by atoms with Crippen LogP contribution in [0.15, 0.2) is 52.2 Å². The molecule has 4 heteroatoms. The summed E-state index contributed by atoms with van der Waals surface area (Å²) in [5, 5.41) is 2.79. The number of anilines is 1. The molecule has 2 nitrogen and oxygen atoms in total. The van der Waals surface area contributed by atoms with Crippen molar-refractivity contribution in [1.82, 2.24) is 0 Å². The summed E-state index contributed by atoms with van der Waals surface area (Å²) in [6.07, 6.45) is 5.20. The van der Waals surface area contributed by atoms with Gasteiger partial charge in [-0.1, -0.05) is 18.7 Å². The highest BCUT2D eigenvalue weighted by Crippen LogP contribution is 2.26. The van der Waals surface area contributed by atoms with Crippen LogP contribution in [-0.4, -0.2) is 6.21 Å². The van der Waals surface area contributed by atoms with Crippen molar-refractivity contribution in [1.29, 1.82) is 0 Å². The molecule has 1 aromatic carbocycles. The van der Waals surface area contributed by atoms with Crippen molar-refractivity contribution < 1.29 is 4.39 Å². The summed E-state index contributed by atoms with van der Waals surface area (Å²) in [6.45, 7) is 5.56. The van der Waals surface area contributed by atoms with Gasteiger partial charge in [0.1, 0.15) is 11.6 Å². The molecule has 84 valence electrons. The van der Waals surface area contributed by atoms with E-state index in [1.807, 2.05) is 13.0 Å². The topological polar surface area (TPSA) is 24.4 Å². The van der Waals surface area contributed by atoms with Gasteiger partial charge in [-0.05, 0) is 41.1 Å². The van der Waals surface area contributed by atoms with Crippen LogP contribution in [-0.2, 0) is 0 Å². The third-order valence-corrected chi connectivity index (χ3v) is 2.40. The summed E-state index contributed by atoms with van der Waals surface area (Å²) in [7, 11) is 0. The highest BCUT2D eigenvalue weighted by atomic mass is 79.9. The van der Waals surface area contributed by atoms with Crippen LogP contribution in [0.1, 0.15) is 6.92 Å². The van der Waals surface area contributed by atoms with E-state index in [-0.39, 0.29) is 5.82 Å². The number of allylic oxidation sites excluding steroid dienone is 2. The molecule has 0 aliphatic heterocycles. The molecule has 0 aromatic heterocycles. The Hall–Kier alpha value is -1.42. The smallest absolute Gasteiger partial charge is 0.147 e. The van der Waals surface area contributed by atoms with Gasteiger partial charge in [-0.3, -0.25) is 0 Å². The van der Waals surface area contributed by atoms with Crippen molar-refractivity contribution in [2.45, 2.75) is 6.92 Å². The maximum atomic E-state index is 13.4. The van der Waals surface area contributed by atoms with Crippen LogP contribution in [0.4, 0.5) is 10.1 Å². The molecule has 0 aliphatic rings. The Balaban J connectivity index is 2.77. The van der Waals surface area contributed by atoms with E-state index in [0.717, 1.165) is 0 Å². The summed E-state index contributed by atoms with van der Waals surface area (Å²) >= 11 is 3.25. The van der Waals surface area contributed by atoms with Crippen LogP contribution < -0.4 is 5.32 Å². The van der Waals surface area contributed by atoms with E-state index in [2.05, 4.69) is 32.8 Å². The minimum absolute atomic E-state index is 0.338. The lowest BCUT2D eigenvalue weighted by Gasteiger charge is -2.08. The van der Waals surface area contributed by atoms with Crippen LogP contribution in [0.2, 0.25) is 0 Å². The average Bonchev–Trinajstić information content (AvgIpc) is 2.24. The average molecular weight is 283 g/mol. The molecule has 16 heavy (non-hydrogen) atoms. The number of benzene rings is 1. The molecule has 1 aromatic rings. The predicted molar refractivity (Wildman–Crippen MR) is 70.2 cm³/mol. The normalized spacial score (nSPS) is 11.2. The maximum absolute atomic E-state index is 13.4. The van der Waals surface area contributed by atoms with Crippen LogP contribution in [0.3, 0.4) is 0 Å². The van der Waals surface area contributed by atoms with E-state index < -0.39 is 0 Å². The zero-order valence-corrected chi connectivity index (χ0v) is 10.5. The maximum Gasteiger partial charge on any atom is 0.147 e. The van der Waals surface area contributed by atoms with Gasteiger partial charge in [-0.15, -0.1) is 0 Å². The molecular weight excluding hydrogens is 271 g/mol. The molecular formula is C12H12BrFN2. The Morgan fingerprint density at radius 3 is 2.94 bits per heavy atom. The fourth-order valence-corrected chi connectivity index (χ4v) is 1.45. The Morgan fingerprint density at radius 1 is 1.56 bits per heavy atom. The number of rotatable bonds is 4. The summed E-state index contributed by atoms with van der Waals surface area (Å²) in [5.74, 6) is 0.0284. The molecule has 0 radical (unpaired) electrons. The van der Waals surface area contributed by atoms with Crippen LogP contribution >= 0.6 is 15.9 Å². The molecule has 0 saturated heterocycles. The first-order valence-corrected chi connectivity index (χ1v) is 5.49. The highest BCUT2D eigenvalue weighted by molar-refractivity contribution is 9.10. The molecule has 0 spiro atoms. The number of halogens is 2. The van der Waals surface area contributed by atoms with Gasteiger partial charge < -0.3 is 5.32 Å². The van der Waals surface area contributed by atoms with Gasteiger partial charge in [0.2, 0.25) is 0 Å². The van der Waals surface area contributed by atoms with E-state index in [1.165, 1.54) is 6.07 Å². The Bertz CT molecular complexity index is 418. The molecule has 0 atom stereocenters. The zero-order valence-electron chi connectivity index (χ0n) is 8.87. The molecule has 0 heterocycles. The van der Waals surface area contributed by atoms with Crippen molar-refractivity contribution >= 4 is 27.8 Å². The molecule has 0 fully saturated rings. The second kappa shape index (κ2) is 6.23. The van der Waals surface area contributed by atoms with Crippen LogP contribution in [0, 0.1) is 5.82 Å². The van der Waals surface area contributed by atoms with E-state index >= 15 is 0 Å². The molecule has 0 saturated carbocycles. The van der Waals surface area contributed by atoms with Crippen LogP contribution in [0.25, 0.3) is 0 Å². The first kappa shape index (κ1) is 12.6. The second-order valence-electron chi connectivity index (χ2n) is 2.97. The van der Waals surface area contributed by atoms with E-state index in [4.69, 9.17) is 0 Å². The number of nitrogens with zero attached hydrogens (tertiary/aromatic N) is 1. The lowest BCUT2D eigenvalue weighted by Crippen LogP contribution is -1.99. The fraction of sp³-hybridized carbons (Fsp3) is 0.0833. The van der Waals surface area contributed by atoms with Crippen molar-refractivity contribution in [3.8, 4) is 0 Å². The standard InChI is InChI=1S/C12H12BrFN2/c1-3-4-8-15-9(2)16-12-10(13)6-5-7-11(12)14/h3-8,16H,2H2,1H3/b4-3-,15-8-. The van der Waals surface area contributed by atoms with Gasteiger partial charge in [-0.25, -0.2) is 9.38 Å². The molecule has 1 N–H and O–H groups in total. The lowest BCUT2D eigenvalue weighted by molar-refractivity contribution is 0.630. The van der Waals surface area contributed by atoms with Gasteiger partial charge in [0, 0.05) is 10.7 Å². The predicted octanol–water partition coefficient (Wildman–Crippen LogP) is 4.12. The highest BCUT2D eigenvalue weighted by Gasteiger charge is 2.05. The van der Waals surface area contributed by atoms with Crippen molar-refractivity contribution in [2.75, 3.05) is 5.32 Å². The summed E-state index contributed by atoms with van der Waals surface area (Å²) in [4.78, 5) is 3.99. The number of hydrogen-bond donors (Lipinski definition) is 1. The summed E-state index contributed by atoms with van der Waals surface area (Å²) in [5.41, 5.74) is 0.338. The Labute approximate surface area is 103 Å². The van der Waals surface area contributed by atoms with Gasteiger partial charge in [0.25, 0.3) is 0 Å². The van der Waals surface area contributed by atoms with Gasteiger partial charge in [-0.2, -0.15) is 0 Å². The van der Waals surface area contributed by atoms with E-state index in [1.54, 1.807) is 24.4 Å². The Kier molecular flexibility index (Phi) is 4.92. The first-order valence-electron chi connectivity index (χ1n) is 4.70. The molecule has 0 bridgehead atoms. The van der Waals surface area contributed by atoms with Gasteiger partial charge in [0.05, 0.1) is 5.69 Å². The van der Waals surface area contributed by atoms with Crippen molar-refractivity contribution in [3.05, 3.63) is 53.0 Å². The number of nitrogens with one attached hydrogen (secondary N) is 1. The third kappa shape index (κ3) is 3.62. The largest absolute Gasteiger partial charge is 0.337 e. The molecule has 0 aliphatic carbocycles. The van der Waals surface area contributed by atoms with Crippen LogP contribution in [0.5, 0.6) is 0 Å². The lowest BCUT2D eigenvalue weighted by atomic mass is 10.3. The summed E-state index contributed by atoms with van der Waals surface area (Å²) in [6, 6.07) is 4.74. The van der Waals surface area contributed by atoms with Gasteiger partial charge in [0.15, 0.2) is 0 Å².